The quantitative estimate of drug-likeness (QED) is 0.568. The topological polar surface area (TPSA) is 59.1 Å². The van der Waals surface area contributed by atoms with Crippen LogP contribution < -0.4 is 4.74 Å². The monoisotopic (exact) mass is 508 g/mol. The molecule has 0 atom stereocenters. The van der Waals surface area contributed by atoms with Crippen molar-refractivity contribution in [3.63, 3.8) is 0 Å². The summed E-state index contributed by atoms with van der Waals surface area (Å²) in [7, 11) is 0. The Morgan fingerprint density at radius 1 is 0.971 bits per heavy atom. The summed E-state index contributed by atoms with van der Waals surface area (Å²) in [5.74, 6) is 0.000585. The van der Waals surface area contributed by atoms with Gasteiger partial charge in [-0.15, -0.1) is 0 Å². The van der Waals surface area contributed by atoms with Gasteiger partial charge in [0.25, 0.3) is 5.91 Å². The molecule has 0 saturated carbocycles. The highest BCUT2D eigenvalue weighted by molar-refractivity contribution is 6.31. The lowest BCUT2D eigenvalue weighted by atomic mass is 9.75. The van der Waals surface area contributed by atoms with E-state index in [1.165, 1.54) is 18.2 Å². The van der Waals surface area contributed by atoms with E-state index in [0.717, 1.165) is 0 Å². The summed E-state index contributed by atoms with van der Waals surface area (Å²) in [6.07, 6.45) is 1.56. The van der Waals surface area contributed by atoms with Crippen LogP contribution in [0.25, 0.3) is 0 Å². The molecule has 34 heavy (non-hydrogen) atoms. The van der Waals surface area contributed by atoms with Crippen molar-refractivity contribution in [3.05, 3.63) is 63.9 Å². The van der Waals surface area contributed by atoms with Crippen molar-refractivity contribution in [1.29, 1.82) is 0 Å². The lowest BCUT2D eigenvalue weighted by molar-refractivity contribution is -0.139. The number of hydrogen-bond donors (Lipinski definition) is 0. The van der Waals surface area contributed by atoms with Gasteiger partial charge in [0.05, 0.1) is 24.8 Å². The number of morpholine rings is 1. The summed E-state index contributed by atoms with van der Waals surface area (Å²) < 4.78 is 25.0. The number of carbonyl (C=O) groups is 2. The lowest BCUT2D eigenvalue weighted by Gasteiger charge is -2.42. The molecule has 2 aliphatic rings. The first kappa shape index (κ1) is 24.8. The highest BCUT2D eigenvalue weighted by atomic mass is 35.5. The third kappa shape index (κ3) is 6.01. The molecule has 2 aromatic carbocycles. The number of nitrogens with zero attached hydrogens (tertiary/aromatic N) is 2. The van der Waals surface area contributed by atoms with Gasteiger partial charge in [-0.1, -0.05) is 23.2 Å². The summed E-state index contributed by atoms with van der Waals surface area (Å²) in [6, 6.07) is 11.1. The van der Waals surface area contributed by atoms with E-state index in [0.29, 0.717) is 81.6 Å². The molecule has 2 aromatic rings. The maximum absolute atomic E-state index is 13.5. The molecule has 2 heterocycles. The lowest BCUT2D eigenvalue weighted by Crippen LogP contribution is -2.49. The van der Waals surface area contributed by atoms with Gasteiger partial charge in [0, 0.05) is 48.6 Å². The van der Waals surface area contributed by atoms with E-state index >= 15 is 0 Å². The Hall–Kier alpha value is -2.35. The summed E-state index contributed by atoms with van der Waals surface area (Å²) in [5, 5.41) is 0.543. The Labute approximate surface area is 208 Å². The minimum atomic E-state index is -0.558. The first-order valence-electron chi connectivity index (χ1n) is 11.3. The molecule has 0 aromatic heterocycles. The number of halogens is 3. The predicted octanol–water partition coefficient (Wildman–Crippen LogP) is 4.68. The molecule has 182 valence electrons. The Morgan fingerprint density at radius 2 is 1.65 bits per heavy atom. The molecule has 0 spiro atoms. The zero-order valence-corrected chi connectivity index (χ0v) is 20.3. The molecule has 0 radical (unpaired) electrons. The van der Waals surface area contributed by atoms with E-state index in [1.807, 2.05) is 4.90 Å². The van der Waals surface area contributed by atoms with Gasteiger partial charge in [-0.05, 0) is 55.3 Å². The third-order valence-electron chi connectivity index (χ3n) is 6.53. The molecule has 0 aliphatic carbocycles. The molecule has 0 N–H and O–H groups in total. The van der Waals surface area contributed by atoms with Gasteiger partial charge in [0.15, 0.2) is 0 Å². The molecule has 0 bridgehead atoms. The van der Waals surface area contributed by atoms with Crippen LogP contribution in [-0.2, 0) is 9.53 Å². The molecule has 2 amide bonds. The fourth-order valence-corrected chi connectivity index (χ4v) is 4.69. The number of amides is 2. The highest BCUT2D eigenvalue weighted by Crippen LogP contribution is 2.37. The smallest absolute Gasteiger partial charge is 0.253 e. The zero-order valence-electron chi connectivity index (χ0n) is 18.8. The number of benzene rings is 2. The van der Waals surface area contributed by atoms with Crippen molar-refractivity contribution in [2.45, 2.75) is 19.3 Å². The Kier molecular flexibility index (Phi) is 7.96. The van der Waals surface area contributed by atoms with Crippen LogP contribution in [-0.4, -0.2) is 67.6 Å². The average Bonchev–Trinajstić information content (AvgIpc) is 2.86. The number of rotatable bonds is 6. The van der Waals surface area contributed by atoms with Crippen LogP contribution >= 0.6 is 23.2 Å². The minimum Gasteiger partial charge on any atom is -0.493 e. The molecule has 6 nitrogen and oxygen atoms in total. The van der Waals surface area contributed by atoms with Gasteiger partial charge >= 0.3 is 0 Å². The van der Waals surface area contributed by atoms with Crippen molar-refractivity contribution >= 4 is 35.0 Å². The Balaban J connectivity index is 1.45. The second-order valence-corrected chi connectivity index (χ2v) is 9.68. The second-order valence-electron chi connectivity index (χ2n) is 8.83. The highest BCUT2D eigenvalue weighted by Gasteiger charge is 2.40. The van der Waals surface area contributed by atoms with E-state index < -0.39 is 11.2 Å². The van der Waals surface area contributed by atoms with Gasteiger partial charge < -0.3 is 19.3 Å². The van der Waals surface area contributed by atoms with Gasteiger partial charge in [0.1, 0.15) is 11.6 Å². The molecular weight excluding hydrogens is 482 g/mol. The SMILES string of the molecule is O=C(CC1(COc2ccc(Cl)cc2)CCN(C(=O)c2ccc(F)c(Cl)c2)CC1)N1CCOCC1. The zero-order chi connectivity index (χ0) is 24.1. The van der Waals surface area contributed by atoms with Crippen molar-refractivity contribution < 1.29 is 23.5 Å². The Bertz CT molecular complexity index is 1020. The number of ether oxygens (including phenoxy) is 2. The molecule has 4 rings (SSSR count). The molecular formula is C25H27Cl2FN2O4. The van der Waals surface area contributed by atoms with E-state index in [1.54, 1.807) is 29.2 Å². The first-order valence-corrected chi connectivity index (χ1v) is 12.1. The number of carbonyl (C=O) groups excluding carboxylic acids is 2. The van der Waals surface area contributed by atoms with Crippen LogP contribution in [0.15, 0.2) is 42.5 Å². The van der Waals surface area contributed by atoms with Crippen molar-refractivity contribution in [2.75, 3.05) is 46.0 Å². The fourth-order valence-electron chi connectivity index (χ4n) is 4.38. The summed E-state index contributed by atoms with van der Waals surface area (Å²) in [6.45, 7) is 3.55. The number of hydrogen-bond acceptors (Lipinski definition) is 4. The van der Waals surface area contributed by atoms with Gasteiger partial charge in [-0.3, -0.25) is 9.59 Å². The maximum atomic E-state index is 13.5. The van der Waals surface area contributed by atoms with Gasteiger partial charge in [-0.25, -0.2) is 4.39 Å². The van der Waals surface area contributed by atoms with E-state index in [9.17, 15) is 14.0 Å². The number of piperidine rings is 1. The minimum absolute atomic E-state index is 0.0769. The molecule has 2 saturated heterocycles. The van der Waals surface area contributed by atoms with Crippen LogP contribution in [0.1, 0.15) is 29.6 Å². The molecule has 2 aliphatic heterocycles. The number of likely N-dealkylation sites (tertiary alicyclic amines) is 1. The van der Waals surface area contributed by atoms with Gasteiger partial charge in [0.2, 0.25) is 5.91 Å². The fraction of sp³-hybridized carbons (Fsp3) is 0.440. The summed E-state index contributed by atoms with van der Waals surface area (Å²) >= 11 is 11.8. The standard InChI is InChI=1S/C25H27Cl2FN2O4/c26-19-2-4-20(5-3-19)34-17-25(16-23(31)29-11-13-33-14-12-29)7-9-30(10-8-25)24(32)18-1-6-22(28)21(27)15-18/h1-6,15H,7-14,16-17H2. The summed E-state index contributed by atoms with van der Waals surface area (Å²) in [4.78, 5) is 29.6. The van der Waals surface area contributed by atoms with E-state index in [2.05, 4.69) is 0 Å². The largest absolute Gasteiger partial charge is 0.493 e. The van der Waals surface area contributed by atoms with E-state index in [4.69, 9.17) is 32.7 Å². The molecule has 0 unspecified atom stereocenters. The third-order valence-corrected chi connectivity index (χ3v) is 7.07. The van der Waals surface area contributed by atoms with Crippen LogP contribution in [0.2, 0.25) is 10.0 Å². The van der Waals surface area contributed by atoms with Crippen molar-refractivity contribution in [3.8, 4) is 5.75 Å². The van der Waals surface area contributed by atoms with Crippen LogP contribution in [0.3, 0.4) is 0 Å². The van der Waals surface area contributed by atoms with Crippen molar-refractivity contribution in [2.24, 2.45) is 5.41 Å². The van der Waals surface area contributed by atoms with Crippen molar-refractivity contribution in [1.82, 2.24) is 9.80 Å². The maximum Gasteiger partial charge on any atom is 0.253 e. The van der Waals surface area contributed by atoms with Crippen LogP contribution in [0, 0.1) is 11.2 Å². The second kappa shape index (κ2) is 10.9. The predicted molar refractivity (Wildman–Crippen MR) is 128 cm³/mol. The summed E-state index contributed by atoms with van der Waals surface area (Å²) in [5.41, 5.74) is -0.0626. The Morgan fingerprint density at radius 3 is 2.29 bits per heavy atom. The normalized spacial score (nSPS) is 18.0. The molecule has 9 heteroatoms. The van der Waals surface area contributed by atoms with E-state index in [-0.39, 0.29) is 16.8 Å². The molecule has 2 fully saturated rings. The first-order chi connectivity index (χ1) is 16.3. The van der Waals surface area contributed by atoms with Gasteiger partial charge in [-0.2, -0.15) is 0 Å². The van der Waals surface area contributed by atoms with Crippen LogP contribution in [0.4, 0.5) is 4.39 Å². The average molecular weight is 509 g/mol. The van der Waals surface area contributed by atoms with Crippen LogP contribution in [0.5, 0.6) is 5.75 Å².